The normalized spacial score (nSPS) is 10.8. The number of hydrogen-bond acceptors (Lipinski definition) is 5. The predicted molar refractivity (Wildman–Crippen MR) is 103 cm³/mol. The standard InChI is InChI=1S/C19H22N4O2S/c1-3-4-12-23-18(14-7-9-15(25-2)10-8-14)21-22-19(23)26-13-17(24)16-6-5-11-20-16/h5-11,20H,3-4,12-13H2,1-2H3. The highest BCUT2D eigenvalue weighted by Crippen LogP contribution is 2.26. The Bertz CT molecular complexity index is 841. The molecule has 7 heteroatoms. The van der Waals surface area contributed by atoms with E-state index in [-0.39, 0.29) is 5.78 Å². The van der Waals surface area contributed by atoms with Gasteiger partial charge in [-0.05, 0) is 42.8 Å². The Morgan fingerprint density at radius 1 is 1.23 bits per heavy atom. The highest BCUT2D eigenvalue weighted by Gasteiger charge is 2.16. The Morgan fingerprint density at radius 2 is 2.04 bits per heavy atom. The molecule has 2 aromatic heterocycles. The summed E-state index contributed by atoms with van der Waals surface area (Å²) in [5, 5.41) is 9.46. The van der Waals surface area contributed by atoms with Crippen LogP contribution in [0.5, 0.6) is 5.75 Å². The number of ether oxygens (including phenoxy) is 1. The van der Waals surface area contributed by atoms with E-state index in [4.69, 9.17) is 4.74 Å². The Kier molecular flexibility index (Phi) is 6.12. The molecular weight excluding hydrogens is 348 g/mol. The lowest BCUT2D eigenvalue weighted by atomic mass is 10.2. The lowest BCUT2D eigenvalue weighted by Gasteiger charge is -2.10. The number of rotatable bonds is 9. The lowest BCUT2D eigenvalue weighted by molar-refractivity contribution is 0.101. The second-order valence-electron chi connectivity index (χ2n) is 5.84. The molecule has 0 amide bonds. The number of H-pyrrole nitrogens is 1. The zero-order valence-electron chi connectivity index (χ0n) is 14.9. The van der Waals surface area contributed by atoms with E-state index < -0.39 is 0 Å². The van der Waals surface area contributed by atoms with Gasteiger partial charge in [0.25, 0.3) is 0 Å². The molecule has 0 radical (unpaired) electrons. The third-order valence-corrected chi connectivity index (χ3v) is 5.00. The first-order valence-electron chi connectivity index (χ1n) is 8.60. The number of carbonyl (C=O) groups excluding carboxylic acids is 1. The largest absolute Gasteiger partial charge is 0.497 e. The molecule has 3 aromatic rings. The van der Waals surface area contributed by atoms with Gasteiger partial charge in [0, 0.05) is 18.3 Å². The average molecular weight is 370 g/mol. The Balaban J connectivity index is 1.80. The second-order valence-corrected chi connectivity index (χ2v) is 6.78. The smallest absolute Gasteiger partial charge is 0.191 e. The molecule has 0 spiro atoms. The first kappa shape index (κ1) is 18.3. The zero-order chi connectivity index (χ0) is 18.4. The van der Waals surface area contributed by atoms with Gasteiger partial charge in [0.1, 0.15) is 5.75 Å². The number of ketones is 1. The van der Waals surface area contributed by atoms with Crippen molar-refractivity contribution in [2.24, 2.45) is 0 Å². The number of carbonyl (C=O) groups is 1. The fraction of sp³-hybridized carbons (Fsp3) is 0.316. The van der Waals surface area contributed by atoms with Crippen LogP contribution in [-0.4, -0.2) is 38.4 Å². The van der Waals surface area contributed by atoms with Gasteiger partial charge in [-0.15, -0.1) is 10.2 Å². The van der Waals surface area contributed by atoms with E-state index in [9.17, 15) is 4.79 Å². The fourth-order valence-corrected chi connectivity index (χ4v) is 3.43. The first-order valence-corrected chi connectivity index (χ1v) is 9.58. The first-order chi connectivity index (χ1) is 12.7. The molecule has 0 saturated heterocycles. The van der Waals surface area contributed by atoms with Crippen molar-refractivity contribution in [3.05, 3.63) is 48.3 Å². The lowest BCUT2D eigenvalue weighted by Crippen LogP contribution is -2.06. The van der Waals surface area contributed by atoms with Crippen LogP contribution >= 0.6 is 11.8 Å². The number of benzene rings is 1. The average Bonchev–Trinajstić information content (AvgIpc) is 3.34. The van der Waals surface area contributed by atoms with Crippen molar-refractivity contribution in [1.82, 2.24) is 19.7 Å². The van der Waals surface area contributed by atoms with Crippen LogP contribution in [0.15, 0.2) is 47.8 Å². The van der Waals surface area contributed by atoms with E-state index in [0.717, 1.165) is 41.7 Å². The Labute approximate surface area is 157 Å². The number of hydrogen-bond donors (Lipinski definition) is 1. The van der Waals surface area contributed by atoms with Crippen LogP contribution in [0.2, 0.25) is 0 Å². The Hall–Kier alpha value is -2.54. The molecule has 0 atom stereocenters. The van der Waals surface area contributed by atoms with Crippen molar-refractivity contribution >= 4 is 17.5 Å². The van der Waals surface area contributed by atoms with Crippen LogP contribution in [-0.2, 0) is 6.54 Å². The molecule has 2 heterocycles. The Morgan fingerprint density at radius 3 is 2.69 bits per heavy atom. The minimum atomic E-state index is 0.0519. The quantitative estimate of drug-likeness (QED) is 0.454. The summed E-state index contributed by atoms with van der Waals surface area (Å²) >= 11 is 1.42. The number of thioether (sulfide) groups is 1. The summed E-state index contributed by atoms with van der Waals surface area (Å²) in [6.07, 6.45) is 3.86. The molecule has 0 saturated carbocycles. The SMILES string of the molecule is CCCCn1c(SCC(=O)c2ccc[nH]2)nnc1-c1ccc(OC)cc1. The monoisotopic (exact) mass is 370 g/mol. The molecule has 0 bridgehead atoms. The summed E-state index contributed by atoms with van der Waals surface area (Å²) in [6.45, 7) is 2.98. The molecular formula is C19H22N4O2S. The molecule has 6 nitrogen and oxygen atoms in total. The van der Waals surface area contributed by atoms with E-state index in [0.29, 0.717) is 11.4 Å². The predicted octanol–water partition coefficient (Wildman–Crippen LogP) is 4.06. The third-order valence-electron chi connectivity index (χ3n) is 4.03. The van der Waals surface area contributed by atoms with E-state index in [1.807, 2.05) is 30.3 Å². The van der Waals surface area contributed by atoms with Gasteiger partial charge in [0.2, 0.25) is 0 Å². The van der Waals surface area contributed by atoms with Gasteiger partial charge in [-0.3, -0.25) is 4.79 Å². The van der Waals surface area contributed by atoms with Crippen LogP contribution in [0.25, 0.3) is 11.4 Å². The van der Waals surface area contributed by atoms with Crippen LogP contribution < -0.4 is 4.74 Å². The maximum absolute atomic E-state index is 12.2. The summed E-state index contributed by atoms with van der Waals surface area (Å²) < 4.78 is 7.31. The van der Waals surface area contributed by atoms with Crippen molar-refractivity contribution in [3.8, 4) is 17.1 Å². The maximum Gasteiger partial charge on any atom is 0.191 e. The zero-order valence-corrected chi connectivity index (χ0v) is 15.8. The van der Waals surface area contributed by atoms with E-state index >= 15 is 0 Å². The number of aromatic amines is 1. The van der Waals surface area contributed by atoms with Crippen molar-refractivity contribution < 1.29 is 9.53 Å². The highest BCUT2D eigenvalue weighted by molar-refractivity contribution is 7.99. The van der Waals surface area contributed by atoms with E-state index in [1.165, 1.54) is 11.8 Å². The van der Waals surface area contributed by atoms with Crippen molar-refractivity contribution in [3.63, 3.8) is 0 Å². The number of nitrogens with zero attached hydrogens (tertiary/aromatic N) is 3. The van der Waals surface area contributed by atoms with Gasteiger partial charge in [0.15, 0.2) is 16.8 Å². The summed E-state index contributed by atoms with van der Waals surface area (Å²) in [7, 11) is 1.65. The molecule has 136 valence electrons. The number of methoxy groups -OCH3 is 1. The number of Topliss-reactive ketones (excluding diaryl/α,β-unsaturated/α-hetero) is 1. The molecule has 0 aliphatic heterocycles. The van der Waals surface area contributed by atoms with Crippen molar-refractivity contribution in [2.75, 3.05) is 12.9 Å². The van der Waals surface area contributed by atoms with Gasteiger partial charge in [0.05, 0.1) is 18.6 Å². The minimum Gasteiger partial charge on any atom is -0.497 e. The van der Waals surface area contributed by atoms with Gasteiger partial charge >= 0.3 is 0 Å². The fourth-order valence-electron chi connectivity index (χ4n) is 2.58. The number of nitrogens with one attached hydrogen (secondary N) is 1. The van der Waals surface area contributed by atoms with Crippen molar-refractivity contribution in [1.29, 1.82) is 0 Å². The molecule has 26 heavy (non-hydrogen) atoms. The topological polar surface area (TPSA) is 72.8 Å². The number of aromatic nitrogens is 4. The van der Waals surface area contributed by atoms with Crippen LogP contribution in [0.3, 0.4) is 0 Å². The van der Waals surface area contributed by atoms with Gasteiger partial charge in [-0.25, -0.2) is 0 Å². The van der Waals surface area contributed by atoms with E-state index in [1.54, 1.807) is 19.4 Å². The number of unbranched alkanes of at least 4 members (excludes halogenated alkanes) is 1. The molecule has 1 N–H and O–H groups in total. The van der Waals surface area contributed by atoms with Crippen LogP contribution in [0.1, 0.15) is 30.3 Å². The molecule has 0 fully saturated rings. The van der Waals surface area contributed by atoms with Crippen LogP contribution in [0, 0.1) is 0 Å². The molecule has 3 rings (SSSR count). The third kappa shape index (κ3) is 4.16. The molecule has 1 aromatic carbocycles. The molecule has 0 aliphatic rings. The van der Waals surface area contributed by atoms with Gasteiger partial charge < -0.3 is 14.3 Å². The van der Waals surface area contributed by atoms with E-state index in [2.05, 4.69) is 26.7 Å². The molecule has 0 unspecified atom stereocenters. The summed E-state index contributed by atoms with van der Waals surface area (Å²) in [5.41, 5.74) is 1.60. The van der Waals surface area contributed by atoms with Gasteiger partial charge in [-0.1, -0.05) is 25.1 Å². The van der Waals surface area contributed by atoms with Gasteiger partial charge in [-0.2, -0.15) is 0 Å². The highest BCUT2D eigenvalue weighted by atomic mass is 32.2. The van der Waals surface area contributed by atoms with Crippen LogP contribution in [0.4, 0.5) is 0 Å². The summed E-state index contributed by atoms with van der Waals surface area (Å²) in [5.74, 6) is 2.00. The molecule has 0 aliphatic carbocycles. The van der Waals surface area contributed by atoms with Crippen molar-refractivity contribution in [2.45, 2.75) is 31.5 Å². The summed E-state index contributed by atoms with van der Waals surface area (Å²) in [6, 6.07) is 11.4. The maximum atomic E-state index is 12.2. The second kappa shape index (κ2) is 8.71. The minimum absolute atomic E-state index is 0.0519. The summed E-state index contributed by atoms with van der Waals surface area (Å²) in [4.78, 5) is 15.2.